The van der Waals surface area contributed by atoms with Crippen molar-refractivity contribution in [2.24, 2.45) is 22.7 Å². The van der Waals surface area contributed by atoms with Gasteiger partial charge in [0, 0.05) is 11.1 Å². The molecule has 9 rings (SSSR count). The predicted octanol–water partition coefficient (Wildman–Crippen LogP) is 13.0. The second kappa shape index (κ2) is 11.7. The van der Waals surface area contributed by atoms with E-state index < -0.39 is 7.14 Å². The van der Waals surface area contributed by atoms with E-state index in [2.05, 4.69) is 98.8 Å². The van der Waals surface area contributed by atoms with Gasteiger partial charge in [-0.3, -0.25) is 0 Å². The summed E-state index contributed by atoms with van der Waals surface area (Å²) in [7, 11) is -2.07. The molecule has 0 aromatic heterocycles. The summed E-state index contributed by atoms with van der Waals surface area (Å²) < 4.78 is 13.1. The first-order valence-electron chi connectivity index (χ1n) is 19.9. The molecule has 0 heterocycles. The standard InChI is InChI=1S/C47H57OP/c1-32-19-21-40(49(3,4)48)22-24-41(32)36-15-11-13-33(27-36)35-20-23-42-43-29-34-14-12-18-39-28-37(34)31-45(43,2)47(44(42)30-35,38-16-7-5-8-17-38)46(39)25-9-6-10-26-46/h5,7-8,11,13-17,20,23,27-28,30,32,39-41,43H,6,9-10,12,18-19,21-22,24-26,29,31H2,1-4H3/t32?,39?,40?,41?,43?,45-,47?/m1/s1. The topological polar surface area (TPSA) is 17.1 Å². The Kier molecular flexibility index (Phi) is 7.71. The van der Waals surface area contributed by atoms with Crippen LogP contribution in [0.3, 0.4) is 0 Å². The van der Waals surface area contributed by atoms with Crippen LogP contribution in [0.2, 0.25) is 0 Å². The van der Waals surface area contributed by atoms with Crippen LogP contribution in [0.4, 0.5) is 0 Å². The summed E-state index contributed by atoms with van der Waals surface area (Å²) >= 11 is 0. The lowest BCUT2D eigenvalue weighted by Crippen LogP contribution is -2.58. The summed E-state index contributed by atoms with van der Waals surface area (Å²) in [6.07, 6.45) is 21.8. The summed E-state index contributed by atoms with van der Waals surface area (Å²) in [5.74, 6) is 2.32. The maximum Gasteiger partial charge on any atom is 0.0848 e. The Bertz CT molecular complexity index is 1870. The lowest BCUT2D eigenvalue weighted by Gasteiger charge is -2.62. The molecule has 256 valence electrons. The highest BCUT2D eigenvalue weighted by molar-refractivity contribution is 7.63. The lowest BCUT2D eigenvalue weighted by atomic mass is 9.40. The van der Waals surface area contributed by atoms with E-state index in [1.54, 1.807) is 27.8 Å². The van der Waals surface area contributed by atoms with Crippen LogP contribution in [-0.4, -0.2) is 19.0 Å². The zero-order valence-electron chi connectivity index (χ0n) is 30.5. The van der Waals surface area contributed by atoms with Crippen molar-refractivity contribution in [1.82, 2.24) is 0 Å². The van der Waals surface area contributed by atoms with Crippen molar-refractivity contribution >= 4 is 7.14 Å². The van der Waals surface area contributed by atoms with Crippen molar-refractivity contribution in [2.45, 2.75) is 120 Å². The van der Waals surface area contributed by atoms with Crippen molar-refractivity contribution in [3.8, 4) is 11.1 Å². The molecule has 49 heavy (non-hydrogen) atoms. The molecule has 3 saturated carbocycles. The Morgan fingerprint density at radius 2 is 1.55 bits per heavy atom. The van der Waals surface area contributed by atoms with Crippen LogP contribution >= 0.6 is 7.14 Å². The fraction of sp³-hybridized carbons (Fsp3) is 0.532. The summed E-state index contributed by atoms with van der Waals surface area (Å²) in [5.41, 5.74) is 13.3. The van der Waals surface area contributed by atoms with Gasteiger partial charge in [0.1, 0.15) is 0 Å². The zero-order chi connectivity index (χ0) is 33.6. The van der Waals surface area contributed by atoms with E-state index in [9.17, 15) is 4.57 Å². The average molecular weight is 669 g/mol. The summed E-state index contributed by atoms with van der Waals surface area (Å²) in [5, 5.41) is 0. The minimum absolute atomic E-state index is 0.0137. The first-order chi connectivity index (χ1) is 23.7. The predicted molar refractivity (Wildman–Crippen MR) is 207 cm³/mol. The summed E-state index contributed by atoms with van der Waals surface area (Å²) in [6, 6.07) is 29.4. The first kappa shape index (κ1) is 32.3. The van der Waals surface area contributed by atoms with Gasteiger partial charge in [-0.1, -0.05) is 112 Å². The molecule has 6 aliphatic rings. The second-order valence-corrected chi connectivity index (χ2v) is 21.6. The smallest absolute Gasteiger partial charge is 0.0848 e. The molecule has 0 amide bonds. The molecular formula is C47H57OP. The van der Waals surface area contributed by atoms with Crippen molar-refractivity contribution < 1.29 is 4.57 Å². The lowest BCUT2D eigenvalue weighted by molar-refractivity contribution is -0.0375. The van der Waals surface area contributed by atoms with Gasteiger partial charge in [-0.25, -0.2) is 0 Å². The molecule has 6 unspecified atom stereocenters. The number of allylic oxidation sites excluding steroid dienone is 4. The Hall–Kier alpha value is -2.63. The molecule has 3 fully saturated rings. The van der Waals surface area contributed by atoms with Gasteiger partial charge in [0.2, 0.25) is 0 Å². The van der Waals surface area contributed by atoms with Crippen molar-refractivity contribution in [2.75, 3.05) is 13.3 Å². The van der Waals surface area contributed by atoms with E-state index in [1.807, 2.05) is 13.3 Å². The van der Waals surface area contributed by atoms with Gasteiger partial charge in [0.25, 0.3) is 0 Å². The largest absolute Gasteiger partial charge is 0.324 e. The van der Waals surface area contributed by atoms with E-state index in [1.165, 1.54) is 80.9 Å². The van der Waals surface area contributed by atoms with Crippen LogP contribution in [-0.2, 0) is 9.98 Å². The number of fused-ring (bicyclic) bond motifs is 6. The van der Waals surface area contributed by atoms with Gasteiger partial charge >= 0.3 is 0 Å². The zero-order valence-corrected chi connectivity index (χ0v) is 31.4. The highest BCUT2D eigenvalue weighted by atomic mass is 31.2. The van der Waals surface area contributed by atoms with Crippen LogP contribution in [0.5, 0.6) is 0 Å². The van der Waals surface area contributed by atoms with Crippen LogP contribution in [0.15, 0.2) is 96.1 Å². The van der Waals surface area contributed by atoms with Gasteiger partial charge in [0.05, 0.1) is 7.14 Å². The maximum absolute atomic E-state index is 13.1. The van der Waals surface area contributed by atoms with Gasteiger partial charge in [-0.15, -0.1) is 0 Å². The number of hydrogen-bond donors (Lipinski definition) is 0. The Morgan fingerprint density at radius 3 is 2.35 bits per heavy atom. The van der Waals surface area contributed by atoms with E-state index in [-0.39, 0.29) is 16.2 Å². The highest BCUT2D eigenvalue weighted by Crippen LogP contribution is 2.78. The fourth-order valence-corrected chi connectivity index (χ4v) is 14.9. The molecule has 3 aromatic rings. The van der Waals surface area contributed by atoms with E-state index in [0.717, 1.165) is 19.3 Å². The average Bonchev–Trinajstić information content (AvgIpc) is 3.33. The minimum atomic E-state index is -2.07. The molecule has 7 atom stereocenters. The minimum Gasteiger partial charge on any atom is -0.324 e. The molecule has 0 saturated heterocycles. The second-order valence-electron chi connectivity index (χ2n) is 18.0. The highest BCUT2D eigenvalue weighted by Gasteiger charge is 2.72. The number of hydrogen-bond acceptors (Lipinski definition) is 1. The molecule has 0 N–H and O–H groups in total. The normalized spacial score (nSPS) is 34.7. The van der Waals surface area contributed by atoms with Crippen LogP contribution in [0.25, 0.3) is 11.1 Å². The summed E-state index contributed by atoms with van der Waals surface area (Å²) in [4.78, 5) is 0. The molecule has 3 aromatic carbocycles. The molecule has 0 aliphatic heterocycles. The molecular weight excluding hydrogens is 611 g/mol. The molecule has 3 bridgehead atoms. The SMILES string of the molecule is CC1CCC(P(C)(C)=O)CCC1c1cccc(-c2ccc3c(c2)C2(c4ccccc4)C4(CCCCC4)C4C=C5C[C@]2(C)C3CC5=CCC4)c1. The monoisotopic (exact) mass is 668 g/mol. The van der Waals surface area contributed by atoms with Gasteiger partial charge in [0.15, 0.2) is 0 Å². The molecule has 6 aliphatic carbocycles. The fourth-order valence-electron chi connectivity index (χ4n) is 13.3. The molecule has 0 radical (unpaired) electrons. The Balaban J connectivity index is 1.22. The molecule has 1 nitrogen and oxygen atoms in total. The molecule has 1 spiro atoms. The Morgan fingerprint density at radius 1 is 0.776 bits per heavy atom. The van der Waals surface area contributed by atoms with Crippen LogP contribution in [0.1, 0.15) is 131 Å². The number of benzene rings is 3. The maximum atomic E-state index is 13.1. The Labute approximate surface area is 296 Å². The summed E-state index contributed by atoms with van der Waals surface area (Å²) in [6.45, 7) is 9.22. The van der Waals surface area contributed by atoms with Gasteiger partial charge < -0.3 is 4.57 Å². The van der Waals surface area contributed by atoms with Crippen LogP contribution in [0, 0.1) is 22.7 Å². The van der Waals surface area contributed by atoms with Crippen molar-refractivity contribution in [3.63, 3.8) is 0 Å². The van der Waals surface area contributed by atoms with Crippen molar-refractivity contribution in [1.29, 1.82) is 0 Å². The third-order valence-corrected chi connectivity index (χ3v) is 17.8. The third-order valence-electron chi connectivity index (χ3n) is 15.5. The van der Waals surface area contributed by atoms with E-state index in [0.29, 0.717) is 29.3 Å². The quantitative estimate of drug-likeness (QED) is 0.200. The third kappa shape index (κ3) is 4.66. The van der Waals surface area contributed by atoms with Gasteiger partial charge in [-0.2, -0.15) is 0 Å². The van der Waals surface area contributed by atoms with E-state index >= 15 is 0 Å². The van der Waals surface area contributed by atoms with Crippen LogP contribution < -0.4 is 0 Å². The van der Waals surface area contributed by atoms with Gasteiger partial charge in [-0.05, 0) is 163 Å². The van der Waals surface area contributed by atoms with Crippen molar-refractivity contribution in [3.05, 3.63) is 118 Å². The van der Waals surface area contributed by atoms with E-state index in [4.69, 9.17) is 0 Å². The number of rotatable bonds is 4. The molecule has 2 heteroatoms. The first-order valence-corrected chi connectivity index (χ1v) is 22.6.